The first kappa shape index (κ1) is 32.0. The standard InChI is InChI=1S/C36H58O7/c1-19(2)21-11-16-36(31(41)43-30-29(40)28(39)27(38)20(3)42-30)18-17-34(7)22(26(21)36)9-10-24-33(6)14-13-25(37)32(4,5)23(33)12-15-35(24,34)8/h20-30,37-40H,1,9-18H2,2-8H3/t20-,21+,22-,23+,24-,25+,26-,27-,28+,29+,30?,33+,34-,35-,36+/m1/s1. The molecule has 4 N–H and O–H groups in total. The van der Waals surface area contributed by atoms with Crippen molar-refractivity contribution in [2.75, 3.05) is 0 Å². The second-order valence-electron chi connectivity index (χ2n) is 17.3. The highest BCUT2D eigenvalue weighted by Gasteiger charge is 2.72. The topological polar surface area (TPSA) is 116 Å². The highest BCUT2D eigenvalue weighted by atomic mass is 16.7. The van der Waals surface area contributed by atoms with Crippen LogP contribution in [0.5, 0.6) is 0 Å². The van der Waals surface area contributed by atoms with Crippen LogP contribution in [0.15, 0.2) is 12.2 Å². The van der Waals surface area contributed by atoms with Gasteiger partial charge in [-0.2, -0.15) is 0 Å². The van der Waals surface area contributed by atoms with Gasteiger partial charge in [-0.3, -0.25) is 4.79 Å². The summed E-state index contributed by atoms with van der Waals surface area (Å²) >= 11 is 0. The molecule has 6 aliphatic rings. The normalized spacial score (nSPS) is 55.7. The third kappa shape index (κ3) is 4.19. The van der Waals surface area contributed by atoms with Crippen LogP contribution >= 0.6 is 0 Å². The molecule has 0 radical (unpaired) electrons. The third-order valence-electron chi connectivity index (χ3n) is 15.5. The lowest BCUT2D eigenvalue weighted by Gasteiger charge is -2.72. The molecular weight excluding hydrogens is 544 g/mol. The Hall–Kier alpha value is -0.990. The van der Waals surface area contributed by atoms with E-state index < -0.39 is 36.1 Å². The lowest BCUT2D eigenvalue weighted by Crippen LogP contribution is -2.67. The summed E-state index contributed by atoms with van der Waals surface area (Å²) in [5.41, 5.74) is 0.763. The Morgan fingerprint density at radius 3 is 2.16 bits per heavy atom. The zero-order valence-corrected chi connectivity index (χ0v) is 27.6. The van der Waals surface area contributed by atoms with E-state index >= 15 is 0 Å². The van der Waals surface area contributed by atoms with E-state index in [-0.39, 0.29) is 45.6 Å². The van der Waals surface area contributed by atoms with Gasteiger partial charge < -0.3 is 29.9 Å². The van der Waals surface area contributed by atoms with Gasteiger partial charge in [0.2, 0.25) is 6.29 Å². The second kappa shape index (κ2) is 10.3. The summed E-state index contributed by atoms with van der Waals surface area (Å²) in [5, 5.41) is 42.3. The van der Waals surface area contributed by atoms with Crippen LogP contribution in [0.1, 0.15) is 113 Å². The molecule has 0 aromatic carbocycles. The molecule has 0 spiro atoms. The Morgan fingerprint density at radius 2 is 1.49 bits per heavy atom. The summed E-state index contributed by atoms with van der Waals surface area (Å²) in [6, 6.07) is 0. The van der Waals surface area contributed by atoms with Gasteiger partial charge in [-0.25, -0.2) is 0 Å². The minimum atomic E-state index is -1.50. The molecule has 1 heterocycles. The lowest BCUT2D eigenvalue weighted by atomic mass is 9.32. The molecule has 5 aliphatic carbocycles. The SMILES string of the molecule is C=C(C)[C@@H]1CC[C@]2(C(=O)OC3O[C@H](C)[C@@H](O)[C@H](O)[C@@H]3O)CC[C@]3(C)[C@H](CC[C@@H]4[C@@]5(C)CC[C@H](O)C(C)(C)[C@@H]5CC[C@]43C)[C@@H]12. The molecule has 1 unspecified atom stereocenters. The molecule has 1 aliphatic heterocycles. The molecule has 0 aromatic heterocycles. The predicted molar refractivity (Wildman–Crippen MR) is 163 cm³/mol. The van der Waals surface area contributed by atoms with Crippen LogP contribution in [-0.4, -0.2) is 63.2 Å². The molecule has 244 valence electrons. The molecule has 5 saturated carbocycles. The number of esters is 1. The van der Waals surface area contributed by atoms with E-state index in [2.05, 4.69) is 48.1 Å². The van der Waals surface area contributed by atoms with Crippen LogP contribution < -0.4 is 0 Å². The predicted octanol–water partition coefficient (Wildman–Crippen LogP) is 5.38. The molecule has 6 rings (SSSR count). The van der Waals surface area contributed by atoms with Gasteiger partial charge in [0.25, 0.3) is 0 Å². The van der Waals surface area contributed by atoms with Crippen molar-refractivity contribution in [1.82, 2.24) is 0 Å². The summed E-state index contributed by atoms with van der Waals surface area (Å²) in [6.07, 6.45) is 3.33. The van der Waals surface area contributed by atoms with Gasteiger partial charge in [0.15, 0.2) is 0 Å². The van der Waals surface area contributed by atoms with Gasteiger partial charge in [-0.1, -0.05) is 46.8 Å². The highest BCUT2D eigenvalue weighted by Crippen LogP contribution is 2.77. The molecular formula is C36H58O7. The fraction of sp³-hybridized carbons (Fsp3) is 0.917. The zero-order valence-electron chi connectivity index (χ0n) is 27.6. The number of carbonyl (C=O) groups excluding carboxylic acids is 1. The molecule has 15 atom stereocenters. The summed E-state index contributed by atoms with van der Waals surface area (Å²) in [7, 11) is 0. The van der Waals surface area contributed by atoms with Crippen molar-refractivity contribution in [2.45, 2.75) is 149 Å². The largest absolute Gasteiger partial charge is 0.432 e. The first-order chi connectivity index (χ1) is 20.0. The Bertz CT molecular complexity index is 1140. The average molecular weight is 603 g/mol. The van der Waals surface area contributed by atoms with Crippen molar-refractivity contribution in [3.05, 3.63) is 12.2 Å². The first-order valence-electron chi connectivity index (χ1n) is 17.2. The summed E-state index contributed by atoms with van der Waals surface area (Å²) in [6.45, 7) is 20.4. The quantitative estimate of drug-likeness (QED) is 0.253. The maximum atomic E-state index is 14.4. The number of hydrogen-bond donors (Lipinski definition) is 4. The number of aliphatic hydroxyl groups excluding tert-OH is 4. The van der Waals surface area contributed by atoms with Crippen molar-refractivity contribution in [1.29, 1.82) is 0 Å². The minimum absolute atomic E-state index is 0.0618. The van der Waals surface area contributed by atoms with E-state index in [4.69, 9.17) is 9.47 Å². The number of ether oxygens (including phenoxy) is 2. The maximum absolute atomic E-state index is 14.4. The number of rotatable bonds is 3. The van der Waals surface area contributed by atoms with E-state index in [0.29, 0.717) is 17.8 Å². The monoisotopic (exact) mass is 602 g/mol. The molecule has 0 aromatic rings. The molecule has 6 fully saturated rings. The summed E-state index contributed by atoms with van der Waals surface area (Å²) < 4.78 is 11.7. The smallest absolute Gasteiger partial charge is 0.314 e. The van der Waals surface area contributed by atoms with Gasteiger partial charge in [0, 0.05) is 0 Å². The first-order valence-corrected chi connectivity index (χ1v) is 17.2. The molecule has 43 heavy (non-hydrogen) atoms. The van der Waals surface area contributed by atoms with Crippen LogP contribution in [0.25, 0.3) is 0 Å². The zero-order chi connectivity index (χ0) is 31.5. The number of fused-ring (bicyclic) bond motifs is 7. The average Bonchev–Trinajstić information content (AvgIpc) is 3.34. The lowest BCUT2D eigenvalue weighted by molar-refractivity contribution is -0.292. The Kier molecular flexibility index (Phi) is 7.62. The number of hydrogen-bond acceptors (Lipinski definition) is 7. The van der Waals surface area contributed by atoms with E-state index in [0.717, 1.165) is 69.8 Å². The molecule has 1 saturated heterocycles. The van der Waals surface area contributed by atoms with E-state index in [1.807, 2.05) is 0 Å². The van der Waals surface area contributed by atoms with Crippen molar-refractivity contribution < 1.29 is 34.7 Å². The fourth-order valence-electron chi connectivity index (χ4n) is 12.8. The van der Waals surface area contributed by atoms with Crippen molar-refractivity contribution in [2.24, 2.45) is 56.7 Å². The van der Waals surface area contributed by atoms with Crippen molar-refractivity contribution in [3.8, 4) is 0 Å². The highest BCUT2D eigenvalue weighted by molar-refractivity contribution is 5.78. The van der Waals surface area contributed by atoms with Crippen molar-refractivity contribution >= 4 is 5.97 Å². The third-order valence-corrected chi connectivity index (χ3v) is 15.5. The van der Waals surface area contributed by atoms with Crippen molar-refractivity contribution in [3.63, 3.8) is 0 Å². The van der Waals surface area contributed by atoms with E-state index in [1.165, 1.54) is 0 Å². The fourth-order valence-corrected chi connectivity index (χ4v) is 12.8. The second-order valence-corrected chi connectivity index (χ2v) is 17.3. The minimum Gasteiger partial charge on any atom is -0.432 e. The van der Waals surface area contributed by atoms with Crippen LogP contribution in [-0.2, 0) is 14.3 Å². The number of carbonyl (C=O) groups is 1. The number of aliphatic hydroxyl groups is 4. The molecule has 7 nitrogen and oxygen atoms in total. The van der Waals surface area contributed by atoms with E-state index in [1.54, 1.807) is 6.92 Å². The summed E-state index contributed by atoms with van der Waals surface area (Å²) in [5.74, 6) is 1.46. The Labute approximate surface area is 258 Å². The van der Waals surface area contributed by atoms with Gasteiger partial charge in [-0.05, 0) is 129 Å². The van der Waals surface area contributed by atoms with Gasteiger partial charge in [0.1, 0.15) is 18.3 Å². The van der Waals surface area contributed by atoms with Crippen LogP contribution in [0, 0.1) is 56.7 Å². The Balaban J connectivity index is 1.33. The molecule has 7 heteroatoms. The summed E-state index contributed by atoms with van der Waals surface area (Å²) in [4.78, 5) is 14.4. The maximum Gasteiger partial charge on any atom is 0.314 e. The van der Waals surface area contributed by atoms with Gasteiger partial charge >= 0.3 is 5.97 Å². The van der Waals surface area contributed by atoms with Gasteiger partial charge in [0.05, 0.1) is 17.6 Å². The van der Waals surface area contributed by atoms with E-state index in [9.17, 15) is 25.2 Å². The molecule has 0 amide bonds. The van der Waals surface area contributed by atoms with Crippen LogP contribution in [0.4, 0.5) is 0 Å². The Morgan fingerprint density at radius 1 is 0.791 bits per heavy atom. The number of allylic oxidation sites excluding steroid dienone is 1. The van der Waals surface area contributed by atoms with Crippen LogP contribution in [0.2, 0.25) is 0 Å². The van der Waals surface area contributed by atoms with Crippen LogP contribution in [0.3, 0.4) is 0 Å². The van der Waals surface area contributed by atoms with Gasteiger partial charge in [-0.15, -0.1) is 0 Å². The molecule has 0 bridgehead atoms.